The van der Waals surface area contributed by atoms with Gasteiger partial charge >= 0.3 is 0 Å². The first-order chi connectivity index (χ1) is 7.13. The highest BCUT2D eigenvalue weighted by Gasteiger charge is 2.02. The lowest BCUT2D eigenvalue weighted by atomic mass is 10.2. The van der Waals surface area contributed by atoms with E-state index in [1.807, 2.05) is 6.92 Å². The number of ether oxygens (including phenoxy) is 1. The molecule has 0 aliphatic rings. The van der Waals surface area contributed by atoms with E-state index in [4.69, 9.17) is 4.74 Å². The normalized spacial score (nSPS) is 11.2. The smallest absolute Gasteiger partial charge is 0.243 e. The number of nitrogens with zero attached hydrogens (tertiary/aromatic N) is 2. The van der Waals surface area contributed by atoms with Gasteiger partial charge in [-0.15, -0.1) is 0 Å². The lowest BCUT2D eigenvalue weighted by Gasteiger charge is -2.00. The van der Waals surface area contributed by atoms with Gasteiger partial charge in [0.25, 0.3) is 0 Å². The summed E-state index contributed by atoms with van der Waals surface area (Å²) in [6.45, 7) is 3.86. The molecule has 0 bridgehead atoms. The lowest BCUT2D eigenvalue weighted by molar-refractivity contribution is -0.422. The van der Waals surface area contributed by atoms with E-state index in [9.17, 15) is 10.1 Å². The van der Waals surface area contributed by atoms with E-state index in [-0.39, 0.29) is 5.70 Å². The summed E-state index contributed by atoms with van der Waals surface area (Å²) in [5, 5.41) is 10.4. The van der Waals surface area contributed by atoms with Gasteiger partial charge in [-0.25, -0.2) is 4.98 Å². The maximum Gasteiger partial charge on any atom is 0.243 e. The second-order valence-corrected chi connectivity index (χ2v) is 2.91. The van der Waals surface area contributed by atoms with Crippen LogP contribution in [0, 0.1) is 10.1 Å². The van der Waals surface area contributed by atoms with Crippen molar-refractivity contribution < 1.29 is 9.66 Å². The number of rotatable bonds is 4. The predicted molar refractivity (Wildman–Crippen MR) is 56.1 cm³/mol. The minimum absolute atomic E-state index is 0.0842. The number of aromatic nitrogens is 1. The molecule has 0 aromatic carbocycles. The van der Waals surface area contributed by atoms with Gasteiger partial charge in [0.1, 0.15) is 0 Å². The highest BCUT2D eigenvalue weighted by molar-refractivity contribution is 5.49. The molecular formula is C10H12N2O3. The standard InChI is InChI=1S/C10H12N2O3/c1-3-15-10-5-4-9(7-11-10)6-8(2)12(13)14/h4-7H,3H2,1-2H3/b8-6+. The molecule has 0 N–H and O–H groups in total. The van der Waals surface area contributed by atoms with E-state index in [0.717, 1.165) is 0 Å². The first-order valence-electron chi connectivity index (χ1n) is 4.55. The molecule has 0 amide bonds. The number of hydrogen-bond acceptors (Lipinski definition) is 4. The molecule has 0 radical (unpaired) electrons. The zero-order valence-electron chi connectivity index (χ0n) is 8.64. The van der Waals surface area contributed by atoms with Crippen molar-refractivity contribution in [3.63, 3.8) is 0 Å². The summed E-state index contributed by atoms with van der Waals surface area (Å²) in [5.74, 6) is 0.522. The summed E-state index contributed by atoms with van der Waals surface area (Å²) in [6, 6.07) is 3.41. The molecule has 80 valence electrons. The van der Waals surface area contributed by atoms with E-state index in [1.165, 1.54) is 19.2 Å². The van der Waals surface area contributed by atoms with Crippen molar-refractivity contribution in [2.75, 3.05) is 6.61 Å². The molecule has 0 saturated heterocycles. The fourth-order valence-electron chi connectivity index (χ4n) is 1.00. The summed E-state index contributed by atoms with van der Waals surface area (Å²) < 4.78 is 5.15. The van der Waals surface area contributed by atoms with Crippen LogP contribution in [0.4, 0.5) is 0 Å². The first-order valence-corrected chi connectivity index (χ1v) is 4.55. The average Bonchev–Trinajstić information content (AvgIpc) is 2.21. The first kappa shape index (κ1) is 11.2. The Kier molecular flexibility index (Phi) is 3.79. The molecule has 1 rings (SSSR count). The van der Waals surface area contributed by atoms with Gasteiger partial charge in [0.2, 0.25) is 11.6 Å². The molecule has 0 fully saturated rings. The SMILES string of the molecule is CCOc1ccc(/C=C(\C)[N+](=O)[O-])cn1. The molecule has 0 atom stereocenters. The molecule has 0 spiro atoms. The summed E-state index contributed by atoms with van der Waals surface area (Å²) in [5.41, 5.74) is 0.772. The molecule has 0 saturated carbocycles. The van der Waals surface area contributed by atoms with Crippen LogP contribution in [-0.4, -0.2) is 16.5 Å². The maximum atomic E-state index is 10.4. The summed E-state index contributed by atoms with van der Waals surface area (Å²) in [6.07, 6.45) is 3.00. The largest absolute Gasteiger partial charge is 0.478 e. The van der Waals surface area contributed by atoms with Gasteiger partial charge in [-0.2, -0.15) is 0 Å². The lowest BCUT2D eigenvalue weighted by Crippen LogP contribution is -1.95. The van der Waals surface area contributed by atoms with Crippen molar-refractivity contribution in [1.29, 1.82) is 0 Å². The van der Waals surface area contributed by atoms with Crippen molar-refractivity contribution >= 4 is 6.08 Å². The Labute approximate surface area is 87.6 Å². The van der Waals surface area contributed by atoms with Crippen LogP contribution >= 0.6 is 0 Å². The average molecular weight is 208 g/mol. The van der Waals surface area contributed by atoms with E-state index >= 15 is 0 Å². The summed E-state index contributed by atoms with van der Waals surface area (Å²) in [7, 11) is 0. The van der Waals surface area contributed by atoms with Gasteiger partial charge in [0, 0.05) is 25.3 Å². The van der Waals surface area contributed by atoms with Crippen LogP contribution in [0.1, 0.15) is 19.4 Å². The third-order valence-corrected chi connectivity index (χ3v) is 1.71. The zero-order valence-corrected chi connectivity index (χ0v) is 8.64. The molecule has 0 unspecified atom stereocenters. The van der Waals surface area contributed by atoms with Crippen molar-refractivity contribution in [2.45, 2.75) is 13.8 Å². The minimum atomic E-state index is -0.434. The Morgan fingerprint density at radius 2 is 2.40 bits per heavy atom. The van der Waals surface area contributed by atoms with Gasteiger partial charge in [0.15, 0.2) is 0 Å². The quantitative estimate of drug-likeness (QED) is 0.561. The zero-order chi connectivity index (χ0) is 11.3. The number of allylic oxidation sites excluding steroid dienone is 1. The molecule has 1 aromatic heterocycles. The third kappa shape index (κ3) is 3.38. The molecule has 1 aromatic rings. The van der Waals surface area contributed by atoms with E-state index < -0.39 is 4.92 Å². The van der Waals surface area contributed by atoms with Crippen LogP contribution in [0.15, 0.2) is 24.0 Å². The molecular weight excluding hydrogens is 196 g/mol. The molecule has 5 nitrogen and oxygen atoms in total. The molecule has 0 aliphatic carbocycles. The van der Waals surface area contributed by atoms with Crippen molar-refractivity contribution in [3.05, 3.63) is 39.7 Å². The molecule has 1 heterocycles. The minimum Gasteiger partial charge on any atom is -0.478 e. The van der Waals surface area contributed by atoms with E-state index in [2.05, 4.69) is 4.98 Å². The Hall–Kier alpha value is -1.91. The Balaban J connectivity index is 2.80. The highest BCUT2D eigenvalue weighted by Crippen LogP contribution is 2.10. The van der Waals surface area contributed by atoms with Gasteiger partial charge in [0.05, 0.1) is 11.5 Å². The number of pyridine rings is 1. The monoisotopic (exact) mass is 208 g/mol. The molecule has 0 aliphatic heterocycles. The number of nitro groups is 1. The van der Waals surface area contributed by atoms with Crippen molar-refractivity contribution in [2.24, 2.45) is 0 Å². The van der Waals surface area contributed by atoms with Crippen LogP contribution in [-0.2, 0) is 0 Å². The van der Waals surface area contributed by atoms with Crippen LogP contribution in [0.2, 0.25) is 0 Å². The van der Waals surface area contributed by atoms with E-state index in [0.29, 0.717) is 18.1 Å². The van der Waals surface area contributed by atoms with Crippen molar-refractivity contribution in [1.82, 2.24) is 4.98 Å². The van der Waals surface area contributed by atoms with Crippen LogP contribution in [0.3, 0.4) is 0 Å². The van der Waals surface area contributed by atoms with Gasteiger partial charge in [-0.05, 0) is 18.6 Å². The van der Waals surface area contributed by atoms with Gasteiger partial charge in [-0.3, -0.25) is 10.1 Å². The third-order valence-electron chi connectivity index (χ3n) is 1.71. The highest BCUT2D eigenvalue weighted by atomic mass is 16.6. The Bertz CT molecular complexity index is 371. The van der Waals surface area contributed by atoms with Gasteiger partial charge in [-0.1, -0.05) is 0 Å². The Morgan fingerprint density at radius 3 is 2.87 bits per heavy atom. The van der Waals surface area contributed by atoms with Crippen LogP contribution < -0.4 is 4.74 Å². The molecule has 15 heavy (non-hydrogen) atoms. The maximum absolute atomic E-state index is 10.4. The second-order valence-electron chi connectivity index (χ2n) is 2.91. The number of hydrogen-bond donors (Lipinski definition) is 0. The summed E-state index contributed by atoms with van der Waals surface area (Å²) >= 11 is 0. The fraction of sp³-hybridized carbons (Fsp3) is 0.300. The summed E-state index contributed by atoms with van der Waals surface area (Å²) in [4.78, 5) is 13.9. The molecule has 5 heteroatoms. The van der Waals surface area contributed by atoms with Crippen LogP contribution in [0.25, 0.3) is 6.08 Å². The van der Waals surface area contributed by atoms with Crippen molar-refractivity contribution in [3.8, 4) is 5.88 Å². The van der Waals surface area contributed by atoms with E-state index in [1.54, 1.807) is 12.1 Å². The van der Waals surface area contributed by atoms with Gasteiger partial charge < -0.3 is 4.74 Å². The topological polar surface area (TPSA) is 65.3 Å². The van der Waals surface area contributed by atoms with Crippen LogP contribution in [0.5, 0.6) is 5.88 Å². The predicted octanol–water partition coefficient (Wildman–Crippen LogP) is 2.12. The second kappa shape index (κ2) is 5.09. The fourth-order valence-corrected chi connectivity index (χ4v) is 1.00. The Morgan fingerprint density at radius 1 is 1.67 bits per heavy atom.